The normalized spacial score (nSPS) is 11.2. The predicted octanol–water partition coefficient (Wildman–Crippen LogP) is 0.860. The quantitative estimate of drug-likeness (QED) is 0.527. The Morgan fingerprint density at radius 2 is 1.89 bits per heavy atom. The van der Waals surface area contributed by atoms with Gasteiger partial charge >= 0.3 is 0 Å². The van der Waals surface area contributed by atoms with E-state index in [4.69, 9.17) is 4.84 Å². The van der Waals surface area contributed by atoms with E-state index in [0.29, 0.717) is 0 Å². The number of allylic oxidation sites excluding steroid dienone is 1. The fourth-order valence-corrected chi connectivity index (χ4v) is 0.438. The van der Waals surface area contributed by atoms with Crippen molar-refractivity contribution in [1.82, 2.24) is 10.2 Å². The van der Waals surface area contributed by atoms with Gasteiger partial charge in [0.25, 0.3) is 0 Å². The van der Waals surface area contributed by atoms with E-state index in [9.17, 15) is 0 Å². The molecule has 0 spiro atoms. The first-order valence-electron chi connectivity index (χ1n) is 2.85. The molecule has 0 aliphatic carbocycles. The van der Waals surface area contributed by atoms with Crippen LogP contribution < -0.4 is 0 Å². The third-order valence-electron chi connectivity index (χ3n) is 1.07. The van der Waals surface area contributed by atoms with Crippen molar-refractivity contribution in [2.24, 2.45) is 0 Å². The maximum atomic E-state index is 4.87. The van der Waals surface area contributed by atoms with E-state index in [0.717, 1.165) is 0 Å². The first kappa shape index (κ1) is 8.46. The van der Waals surface area contributed by atoms with Crippen LogP contribution in [0.4, 0.5) is 0 Å². The number of hydroxylamine groups is 1. The van der Waals surface area contributed by atoms with Crippen LogP contribution in [0, 0.1) is 0 Å². The maximum absolute atomic E-state index is 4.87. The monoisotopic (exact) mass is 130 g/mol. The Morgan fingerprint density at radius 3 is 2.22 bits per heavy atom. The number of hydrazine groups is 1. The van der Waals surface area contributed by atoms with Gasteiger partial charge in [-0.25, -0.2) is 0 Å². The Labute approximate surface area is 56.4 Å². The summed E-state index contributed by atoms with van der Waals surface area (Å²) < 4.78 is 0. The number of rotatable bonds is 3. The lowest BCUT2D eigenvalue weighted by molar-refractivity contribution is -0.220. The molecule has 0 aromatic heterocycles. The van der Waals surface area contributed by atoms with Gasteiger partial charge < -0.3 is 0 Å². The van der Waals surface area contributed by atoms with Crippen LogP contribution in [0.25, 0.3) is 0 Å². The van der Waals surface area contributed by atoms with Gasteiger partial charge in [0.15, 0.2) is 0 Å². The average molecular weight is 130 g/mol. The first-order valence-corrected chi connectivity index (χ1v) is 2.85. The van der Waals surface area contributed by atoms with Crippen molar-refractivity contribution in [2.75, 3.05) is 21.2 Å². The second kappa shape index (κ2) is 4.35. The van der Waals surface area contributed by atoms with Crippen molar-refractivity contribution in [2.45, 2.75) is 6.92 Å². The molecule has 0 saturated carbocycles. The minimum atomic E-state index is 1.62. The number of hydrogen-bond donors (Lipinski definition) is 0. The first-order chi connectivity index (χ1) is 4.22. The maximum Gasteiger partial charge on any atom is 0.0596 e. The lowest BCUT2D eigenvalue weighted by atomic mass is 10.7. The SMILES string of the molecule is C/C=C\N(C)N(C)OC. The zero-order valence-electron chi connectivity index (χ0n) is 6.46. The third-order valence-corrected chi connectivity index (χ3v) is 1.07. The van der Waals surface area contributed by atoms with Crippen LogP contribution in [0.3, 0.4) is 0 Å². The van der Waals surface area contributed by atoms with Gasteiger partial charge in [0.2, 0.25) is 0 Å². The minimum Gasteiger partial charge on any atom is -0.294 e. The van der Waals surface area contributed by atoms with E-state index in [1.165, 1.54) is 0 Å². The molecule has 0 bridgehead atoms. The zero-order chi connectivity index (χ0) is 7.28. The molecule has 0 radical (unpaired) electrons. The number of nitrogens with zero attached hydrogens (tertiary/aromatic N) is 2. The second-order valence-electron chi connectivity index (χ2n) is 1.70. The van der Waals surface area contributed by atoms with Crippen molar-refractivity contribution in [3.8, 4) is 0 Å². The third kappa shape index (κ3) is 3.11. The molecule has 0 fully saturated rings. The average Bonchev–Trinajstić information content (AvgIpc) is 1.87. The van der Waals surface area contributed by atoms with E-state index >= 15 is 0 Å². The summed E-state index contributed by atoms with van der Waals surface area (Å²) in [6.45, 7) is 1.96. The van der Waals surface area contributed by atoms with E-state index in [1.807, 2.05) is 38.3 Å². The Morgan fingerprint density at radius 1 is 1.33 bits per heavy atom. The molecule has 0 unspecified atom stereocenters. The highest BCUT2D eigenvalue weighted by atomic mass is 16.7. The van der Waals surface area contributed by atoms with Crippen LogP contribution in [0.1, 0.15) is 6.92 Å². The Balaban J connectivity index is 3.58. The van der Waals surface area contributed by atoms with Crippen LogP contribution in [0.5, 0.6) is 0 Å². The summed E-state index contributed by atoms with van der Waals surface area (Å²) in [5, 5.41) is 3.46. The Bertz CT molecular complexity index is 93.1. The molecule has 0 amide bonds. The zero-order valence-corrected chi connectivity index (χ0v) is 6.46. The summed E-state index contributed by atoms with van der Waals surface area (Å²) in [5.74, 6) is 0. The summed E-state index contributed by atoms with van der Waals surface area (Å²) in [7, 11) is 5.36. The molecule has 54 valence electrons. The van der Waals surface area contributed by atoms with E-state index < -0.39 is 0 Å². The Kier molecular flexibility index (Phi) is 4.09. The standard InChI is InChI=1S/C6H14N2O/c1-5-6-7(2)8(3)9-4/h5-6H,1-4H3/b6-5-. The van der Waals surface area contributed by atoms with Gasteiger partial charge in [-0.1, -0.05) is 6.08 Å². The molecular weight excluding hydrogens is 116 g/mol. The molecule has 0 aliphatic rings. The largest absolute Gasteiger partial charge is 0.294 e. The highest BCUT2D eigenvalue weighted by Crippen LogP contribution is 1.89. The van der Waals surface area contributed by atoms with Crippen LogP contribution >= 0.6 is 0 Å². The van der Waals surface area contributed by atoms with Gasteiger partial charge in [-0.05, 0) is 6.92 Å². The fraction of sp³-hybridized carbons (Fsp3) is 0.667. The smallest absolute Gasteiger partial charge is 0.0596 e. The lowest BCUT2D eigenvalue weighted by Crippen LogP contribution is -2.30. The summed E-state index contributed by atoms with van der Waals surface area (Å²) in [6.07, 6.45) is 3.85. The van der Waals surface area contributed by atoms with Crippen molar-refractivity contribution in [1.29, 1.82) is 0 Å². The fourth-order valence-electron chi connectivity index (χ4n) is 0.438. The summed E-state index contributed by atoms with van der Waals surface area (Å²) in [6, 6.07) is 0. The van der Waals surface area contributed by atoms with Gasteiger partial charge in [-0.3, -0.25) is 9.85 Å². The molecule has 0 saturated heterocycles. The summed E-state index contributed by atoms with van der Waals surface area (Å²) >= 11 is 0. The molecule has 0 heterocycles. The van der Waals surface area contributed by atoms with Crippen molar-refractivity contribution in [3.05, 3.63) is 12.3 Å². The van der Waals surface area contributed by atoms with E-state index in [2.05, 4.69) is 0 Å². The molecule has 0 aromatic carbocycles. The predicted molar refractivity (Wildman–Crippen MR) is 37.3 cm³/mol. The molecule has 0 rings (SSSR count). The molecule has 0 aromatic rings. The van der Waals surface area contributed by atoms with Gasteiger partial charge in [-0.2, -0.15) is 0 Å². The molecule has 0 N–H and O–H groups in total. The molecule has 9 heavy (non-hydrogen) atoms. The summed E-state index contributed by atoms with van der Waals surface area (Å²) in [4.78, 5) is 4.87. The highest BCUT2D eigenvalue weighted by Gasteiger charge is 1.94. The Hall–Kier alpha value is -0.540. The van der Waals surface area contributed by atoms with Gasteiger partial charge in [0.05, 0.1) is 7.11 Å². The van der Waals surface area contributed by atoms with Crippen LogP contribution in [0.15, 0.2) is 12.3 Å². The molecule has 0 atom stereocenters. The minimum absolute atomic E-state index is 1.62. The summed E-state index contributed by atoms with van der Waals surface area (Å²) in [5.41, 5.74) is 0. The van der Waals surface area contributed by atoms with Crippen LogP contribution in [-0.4, -0.2) is 31.4 Å². The van der Waals surface area contributed by atoms with E-state index in [1.54, 1.807) is 12.3 Å². The van der Waals surface area contributed by atoms with Crippen molar-refractivity contribution in [3.63, 3.8) is 0 Å². The highest BCUT2D eigenvalue weighted by molar-refractivity contribution is 4.72. The topological polar surface area (TPSA) is 15.7 Å². The lowest BCUT2D eigenvalue weighted by Gasteiger charge is -2.23. The van der Waals surface area contributed by atoms with Gasteiger partial charge in [-0.15, -0.1) is 5.17 Å². The van der Waals surface area contributed by atoms with Gasteiger partial charge in [0.1, 0.15) is 0 Å². The molecule has 3 nitrogen and oxygen atoms in total. The van der Waals surface area contributed by atoms with E-state index in [-0.39, 0.29) is 0 Å². The molecule has 3 heteroatoms. The number of hydrogen-bond acceptors (Lipinski definition) is 3. The van der Waals surface area contributed by atoms with Gasteiger partial charge in [0, 0.05) is 20.3 Å². The van der Waals surface area contributed by atoms with Crippen LogP contribution in [-0.2, 0) is 4.84 Å². The second-order valence-corrected chi connectivity index (χ2v) is 1.70. The van der Waals surface area contributed by atoms with Crippen molar-refractivity contribution >= 4 is 0 Å². The molecule has 0 aliphatic heterocycles. The van der Waals surface area contributed by atoms with Crippen molar-refractivity contribution < 1.29 is 4.84 Å². The molecular formula is C6H14N2O. The van der Waals surface area contributed by atoms with Crippen LogP contribution in [0.2, 0.25) is 0 Å².